The third kappa shape index (κ3) is 4.44. The molecule has 6 nitrogen and oxygen atoms in total. The van der Waals surface area contributed by atoms with E-state index in [1.54, 1.807) is 6.07 Å². The predicted octanol–water partition coefficient (Wildman–Crippen LogP) is 7.13. The van der Waals surface area contributed by atoms with Gasteiger partial charge >= 0.3 is 0 Å². The van der Waals surface area contributed by atoms with Crippen molar-refractivity contribution < 1.29 is 24.3 Å². The molecule has 234 valence electrons. The van der Waals surface area contributed by atoms with Gasteiger partial charge in [-0.25, -0.2) is 0 Å². The summed E-state index contributed by atoms with van der Waals surface area (Å²) in [6.45, 7) is 0.216. The van der Waals surface area contributed by atoms with Crippen LogP contribution >= 0.6 is 22.9 Å². The number of amides is 2. The average Bonchev–Trinajstić information content (AvgIpc) is 3.69. The van der Waals surface area contributed by atoms with E-state index in [9.17, 15) is 19.5 Å². The number of rotatable bonds is 5. The molecule has 1 saturated carbocycles. The number of hydrogen-bond donors (Lipinski definition) is 1. The number of nitrogens with zero attached hydrogens (tertiary/aromatic N) is 1. The van der Waals surface area contributed by atoms with Crippen molar-refractivity contribution in [3.63, 3.8) is 0 Å². The van der Waals surface area contributed by atoms with E-state index < -0.39 is 35.0 Å². The SMILES string of the molecule is O=C1C(c2ccccc2)=CC(=O)C2(c3ccccc3)C1CC1C(=CCC3C(=O)N(Cc4cccs4)C(=O)C31)C2c1ccc(O)cc1Cl. The van der Waals surface area contributed by atoms with Crippen molar-refractivity contribution >= 4 is 51.9 Å². The number of carbonyl (C=O) groups is 4. The number of hydrogen-bond acceptors (Lipinski definition) is 6. The van der Waals surface area contributed by atoms with E-state index in [4.69, 9.17) is 11.6 Å². The number of likely N-dealkylation sites (tertiary alicyclic amines) is 1. The summed E-state index contributed by atoms with van der Waals surface area (Å²) in [7, 11) is 0. The predicted molar refractivity (Wildman–Crippen MR) is 180 cm³/mol. The van der Waals surface area contributed by atoms with E-state index in [0.29, 0.717) is 28.7 Å². The highest BCUT2D eigenvalue weighted by molar-refractivity contribution is 7.09. The molecule has 8 heteroatoms. The molecule has 1 aliphatic heterocycles. The van der Waals surface area contributed by atoms with E-state index >= 15 is 4.79 Å². The van der Waals surface area contributed by atoms with Crippen LogP contribution in [0.4, 0.5) is 0 Å². The molecule has 0 radical (unpaired) electrons. The summed E-state index contributed by atoms with van der Waals surface area (Å²) in [4.78, 5) is 60.3. The lowest BCUT2D eigenvalue weighted by Crippen LogP contribution is -2.58. The Balaban J connectivity index is 1.35. The first-order valence-corrected chi connectivity index (χ1v) is 17.0. The second-order valence-corrected chi connectivity index (χ2v) is 14.3. The summed E-state index contributed by atoms with van der Waals surface area (Å²) in [5.41, 5.74) is 1.76. The number of phenols is 1. The summed E-state index contributed by atoms with van der Waals surface area (Å²) in [5.74, 6) is -4.08. The van der Waals surface area contributed by atoms with Gasteiger partial charge in [0.2, 0.25) is 11.8 Å². The third-order valence-electron chi connectivity index (χ3n) is 10.7. The first-order valence-electron chi connectivity index (χ1n) is 15.8. The highest BCUT2D eigenvalue weighted by Crippen LogP contribution is 2.64. The molecule has 2 heterocycles. The standard InChI is InChI=1S/C39H30ClNO5S/c40-32-18-24(42)13-14-27(32)35-26-15-16-28-34(38(46)41(37(28)45)21-25-12-7-17-47-25)30(26)19-31-36(44)29(22-8-3-1-4-9-22)20-33(43)39(31,35)23-10-5-2-6-11-23/h1-15,17-18,20,28,30-31,34-35,42H,16,19,21H2. The van der Waals surface area contributed by atoms with Crippen LogP contribution in [-0.2, 0) is 31.1 Å². The lowest BCUT2D eigenvalue weighted by molar-refractivity contribution is -0.141. The Labute approximate surface area is 281 Å². The maximum absolute atomic E-state index is 15.0. The number of allylic oxidation sites excluding steroid dienone is 4. The monoisotopic (exact) mass is 659 g/mol. The molecule has 6 atom stereocenters. The zero-order valence-corrected chi connectivity index (χ0v) is 26.8. The lowest BCUT2D eigenvalue weighted by atomic mass is 9.44. The van der Waals surface area contributed by atoms with Gasteiger partial charge in [0, 0.05) is 27.3 Å². The van der Waals surface area contributed by atoms with Crippen molar-refractivity contribution in [3.8, 4) is 5.75 Å². The topological polar surface area (TPSA) is 91.8 Å². The third-order valence-corrected chi connectivity index (χ3v) is 11.8. The Hall–Kier alpha value is -4.59. The minimum atomic E-state index is -1.37. The molecule has 6 unspecified atom stereocenters. The second-order valence-electron chi connectivity index (χ2n) is 12.8. The van der Waals surface area contributed by atoms with Gasteiger partial charge in [-0.15, -0.1) is 11.3 Å². The van der Waals surface area contributed by atoms with Crippen LogP contribution in [-0.4, -0.2) is 33.4 Å². The molecule has 1 aromatic heterocycles. The molecule has 4 aliphatic rings. The molecule has 47 heavy (non-hydrogen) atoms. The highest BCUT2D eigenvalue weighted by atomic mass is 35.5. The quantitative estimate of drug-likeness (QED) is 0.182. The summed E-state index contributed by atoms with van der Waals surface area (Å²) in [6, 6.07) is 27.1. The number of ketones is 2. The molecule has 3 aliphatic carbocycles. The highest BCUT2D eigenvalue weighted by Gasteiger charge is 2.66. The molecule has 0 spiro atoms. The number of carbonyl (C=O) groups excluding carboxylic acids is 4. The minimum Gasteiger partial charge on any atom is -0.508 e. The summed E-state index contributed by atoms with van der Waals surface area (Å²) in [5, 5.41) is 12.5. The largest absolute Gasteiger partial charge is 0.508 e. The zero-order chi connectivity index (χ0) is 32.4. The van der Waals surface area contributed by atoms with Crippen LogP contribution in [0.3, 0.4) is 0 Å². The average molecular weight is 660 g/mol. The molecular weight excluding hydrogens is 630 g/mol. The maximum Gasteiger partial charge on any atom is 0.234 e. The molecule has 2 fully saturated rings. The molecule has 8 rings (SSSR count). The van der Waals surface area contributed by atoms with E-state index in [-0.39, 0.29) is 47.1 Å². The van der Waals surface area contributed by atoms with Crippen LogP contribution in [0.5, 0.6) is 5.75 Å². The second kappa shape index (κ2) is 11.3. The molecule has 4 aromatic rings. The molecule has 0 bridgehead atoms. The number of fused-ring (bicyclic) bond motifs is 4. The van der Waals surface area contributed by atoms with E-state index in [1.807, 2.05) is 84.3 Å². The smallest absolute Gasteiger partial charge is 0.234 e. The van der Waals surface area contributed by atoms with E-state index in [2.05, 4.69) is 0 Å². The van der Waals surface area contributed by atoms with Crippen molar-refractivity contribution in [2.45, 2.75) is 30.7 Å². The number of thiophene rings is 1. The number of Topliss-reactive ketones (excluding diaryl/α,β-unsaturated/α-hetero) is 1. The van der Waals surface area contributed by atoms with Crippen LogP contribution < -0.4 is 0 Å². The zero-order valence-electron chi connectivity index (χ0n) is 25.2. The van der Waals surface area contributed by atoms with E-state index in [1.165, 1.54) is 34.4 Å². The van der Waals surface area contributed by atoms with Gasteiger partial charge in [-0.2, -0.15) is 0 Å². The number of imide groups is 1. The molecule has 2 amide bonds. The van der Waals surface area contributed by atoms with Gasteiger partial charge in [0.15, 0.2) is 11.6 Å². The number of benzene rings is 3. The Morgan fingerprint density at radius 2 is 1.62 bits per heavy atom. The normalized spacial score (nSPS) is 28.4. The van der Waals surface area contributed by atoms with Crippen molar-refractivity contribution in [2.24, 2.45) is 23.7 Å². The molecule has 3 aromatic carbocycles. The maximum atomic E-state index is 15.0. The van der Waals surface area contributed by atoms with Crippen LogP contribution in [0.15, 0.2) is 114 Å². The van der Waals surface area contributed by atoms with Crippen molar-refractivity contribution in [2.75, 3.05) is 0 Å². The van der Waals surface area contributed by atoms with Gasteiger partial charge in [-0.05, 0) is 65.1 Å². The molecule has 1 N–H and O–H groups in total. The molecule has 1 saturated heterocycles. The summed E-state index contributed by atoms with van der Waals surface area (Å²) < 4.78 is 0. The summed E-state index contributed by atoms with van der Waals surface area (Å²) >= 11 is 8.42. The first-order chi connectivity index (χ1) is 22.8. The molecular formula is C39H30ClNO5S. The van der Waals surface area contributed by atoms with Crippen molar-refractivity contribution in [3.05, 3.63) is 141 Å². The van der Waals surface area contributed by atoms with Crippen LogP contribution in [0.25, 0.3) is 5.57 Å². The fourth-order valence-electron chi connectivity index (χ4n) is 8.75. The van der Waals surface area contributed by atoms with Gasteiger partial charge in [-0.3, -0.25) is 24.1 Å². The Morgan fingerprint density at radius 1 is 0.872 bits per heavy atom. The van der Waals surface area contributed by atoms with E-state index in [0.717, 1.165) is 10.5 Å². The fourth-order valence-corrected chi connectivity index (χ4v) is 9.72. The Kier molecular flexibility index (Phi) is 7.15. The fraction of sp³-hybridized carbons (Fsp3) is 0.231. The first kappa shape index (κ1) is 29.8. The Bertz CT molecular complexity index is 2000. The van der Waals surface area contributed by atoms with Crippen LogP contribution in [0.1, 0.15) is 40.3 Å². The Morgan fingerprint density at radius 3 is 2.32 bits per heavy atom. The van der Waals surface area contributed by atoms with Gasteiger partial charge in [-0.1, -0.05) is 96.0 Å². The minimum absolute atomic E-state index is 0.0211. The summed E-state index contributed by atoms with van der Waals surface area (Å²) in [6.07, 6.45) is 4.09. The van der Waals surface area contributed by atoms with Gasteiger partial charge in [0.25, 0.3) is 0 Å². The van der Waals surface area contributed by atoms with Crippen LogP contribution in [0, 0.1) is 23.7 Å². The van der Waals surface area contributed by atoms with Crippen molar-refractivity contribution in [1.82, 2.24) is 4.90 Å². The van der Waals surface area contributed by atoms with Gasteiger partial charge in [0.1, 0.15) is 5.75 Å². The lowest BCUT2D eigenvalue weighted by Gasteiger charge is -2.55. The number of halogens is 1. The van der Waals surface area contributed by atoms with Gasteiger partial charge in [0.05, 0.1) is 23.8 Å². The number of phenolic OH excluding ortho intramolecular Hbond substituents is 1. The number of aromatic hydroxyl groups is 1. The van der Waals surface area contributed by atoms with Crippen LogP contribution in [0.2, 0.25) is 5.02 Å². The van der Waals surface area contributed by atoms with Crippen molar-refractivity contribution in [1.29, 1.82) is 0 Å². The van der Waals surface area contributed by atoms with Gasteiger partial charge < -0.3 is 5.11 Å².